The zero-order chi connectivity index (χ0) is 25.0. The number of anilines is 3. The number of halogens is 3. The number of carbonyl (C=O) groups excluding carboxylic acids is 2. The van der Waals surface area contributed by atoms with Crippen molar-refractivity contribution in [1.29, 1.82) is 0 Å². The fourth-order valence-corrected chi connectivity index (χ4v) is 4.54. The highest BCUT2D eigenvalue weighted by Gasteiger charge is 2.41. The van der Waals surface area contributed by atoms with E-state index in [1.165, 1.54) is 0 Å². The van der Waals surface area contributed by atoms with E-state index in [1.54, 1.807) is 18.1 Å². The molecule has 188 valence electrons. The van der Waals surface area contributed by atoms with Crippen molar-refractivity contribution in [1.82, 2.24) is 15.2 Å². The summed E-state index contributed by atoms with van der Waals surface area (Å²) in [5, 5.41) is 6.15. The van der Waals surface area contributed by atoms with E-state index in [-0.39, 0.29) is 30.6 Å². The van der Waals surface area contributed by atoms with Gasteiger partial charge in [0.15, 0.2) is 0 Å². The lowest BCUT2D eigenvalue weighted by Crippen LogP contribution is -2.43. The quantitative estimate of drug-likeness (QED) is 0.639. The topological polar surface area (TPSA) is 77.6 Å². The molecule has 1 aromatic carbocycles. The fourth-order valence-electron chi connectivity index (χ4n) is 4.54. The summed E-state index contributed by atoms with van der Waals surface area (Å²) in [6, 6.07) is 11.3. The molecule has 2 saturated heterocycles. The molecular formula is C25H30F3N5O2. The van der Waals surface area contributed by atoms with E-state index >= 15 is 0 Å². The van der Waals surface area contributed by atoms with Crippen LogP contribution >= 0.6 is 0 Å². The predicted molar refractivity (Wildman–Crippen MR) is 127 cm³/mol. The van der Waals surface area contributed by atoms with Crippen LogP contribution in [0.3, 0.4) is 0 Å². The van der Waals surface area contributed by atoms with Crippen molar-refractivity contribution in [2.45, 2.75) is 38.4 Å². The van der Waals surface area contributed by atoms with Gasteiger partial charge in [0.25, 0.3) is 0 Å². The van der Waals surface area contributed by atoms with Crippen LogP contribution in [0.25, 0.3) is 0 Å². The molecule has 0 aliphatic carbocycles. The molecule has 0 bridgehead atoms. The maximum absolute atomic E-state index is 12.9. The minimum absolute atomic E-state index is 0.0685. The Balaban J connectivity index is 1.24. The number of hydrogen-bond donors (Lipinski definition) is 2. The van der Waals surface area contributed by atoms with Crippen LogP contribution in [0, 0.1) is 11.8 Å². The zero-order valence-corrected chi connectivity index (χ0v) is 19.6. The Kier molecular flexibility index (Phi) is 7.47. The summed E-state index contributed by atoms with van der Waals surface area (Å²) >= 11 is 0. The molecule has 4 rings (SSSR count). The Morgan fingerprint density at radius 1 is 1.06 bits per heavy atom. The number of pyridine rings is 1. The lowest BCUT2D eigenvalue weighted by atomic mass is 9.96. The molecule has 10 heteroatoms. The summed E-state index contributed by atoms with van der Waals surface area (Å²) in [5.41, 5.74) is 3.26. The monoisotopic (exact) mass is 489 g/mol. The summed E-state index contributed by atoms with van der Waals surface area (Å²) in [6.07, 6.45) is -1.22. The largest absolute Gasteiger partial charge is 0.391 e. The van der Waals surface area contributed by atoms with Crippen molar-refractivity contribution in [2.75, 3.05) is 36.9 Å². The van der Waals surface area contributed by atoms with E-state index in [9.17, 15) is 22.8 Å². The Hall–Kier alpha value is -3.30. The van der Waals surface area contributed by atoms with Gasteiger partial charge >= 0.3 is 6.18 Å². The number of nitrogens with one attached hydrogen (secondary N) is 2. The molecule has 7 nitrogen and oxygen atoms in total. The summed E-state index contributed by atoms with van der Waals surface area (Å²) in [6.45, 7) is 1.54. The normalized spacial score (nSPS) is 19.5. The predicted octanol–water partition coefficient (Wildman–Crippen LogP) is 4.09. The molecule has 2 aromatic rings. The summed E-state index contributed by atoms with van der Waals surface area (Å²) < 4.78 is 38.6. The van der Waals surface area contributed by atoms with Gasteiger partial charge in [-0.2, -0.15) is 13.2 Å². The Morgan fingerprint density at radius 2 is 1.74 bits per heavy atom. The third-order valence-corrected chi connectivity index (χ3v) is 6.74. The van der Waals surface area contributed by atoms with E-state index < -0.39 is 12.1 Å². The van der Waals surface area contributed by atoms with Gasteiger partial charge < -0.3 is 20.4 Å². The maximum atomic E-state index is 12.9. The molecule has 0 saturated carbocycles. The van der Waals surface area contributed by atoms with Crippen molar-refractivity contribution < 1.29 is 22.8 Å². The molecule has 2 aliphatic heterocycles. The number of alkyl halides is 3. The average molecular weight is 490 g/mol. The minimum Gasteiger partial charge on any atom is -0.372 e. The van der Waals surface area contributed by atoms with Crippen LogP contribution in [0.5, 0.6) is 0 Å². The first kappa shape index (κ1) is 24.8. The number of hydrogen-bond acceptors (Lipinski definition) is 5. The van der Waals surface area contributed by atoms with Crippen LogP contribution in [0.2, 0.25) is 0 Å². The molecule has 2 fully saturated rings. The molecule has 3 heterocycles. The third-order valence-electron chi connectivity index (χ3n) is 6.74. The van der Waals surface area contributed by atoms with Gasteiger partial charge in [0.1, 0.15) is 0 Å². The summed E-state index contributed by atoms with van der Waals surface area (Å²) in [7, 11) is 1.71. The van der Waals surface area contributed by atoms with Gasteiger partial charge in [-0.25, -0.2) is 0 Å². The summed E-state index contributed by atoms with van der Waals surface area (Å²) in [5.74, 6) is -1.41. The van der Waals surface area contributed by atoms with Crippen LogP contribution in [-0.4, -0.2) is 54.6 Å². The highest BCUT2D eigenvalue weighted by atomic mass is 19.4. The second-order valence-electron chi connectivity index (χ2n) is 9.24. The number of likely N-dealkylation sites (tertiary alicyclic amines) is 1. The lowest BCUT2D eigenvalue weighted by molar-refractivity contribution is -0.179. The van der Waals surface area contributed by atoms with E-state index in [1.807, 2.05) is 41.3 Å². The van der Waals surface area contributed by atoms with Crippen molar-refractivity contribution >= 4 is 28.9 Å². The number of rotatable bonds is 6. The van der Waals surface area contributed by atoms with Crippen LogP contribution in [-0.2, 0) is 16.1 Å². The van der Waals surface area contributed by atoms with Crippen LogP contribution in [0.15, 0.2) is 42.6 Å². The smallest absolute Gasteiger partial charge is 0.372 e. The molecule has 1 unspecified atom stereocenters. The first-order chi connectivity index (χ1) is 16.7. The molecular weight excluding hydrogens is 459 g/mol. The minimum atomic E-state index is -4.11. The van der Waals surface area contributed by atoms with Crippen LogP contribution in [0.1, 0.15) is 31.4 Å². The number of piperidine rings is 2. The molecule has 0 spiro atoms. The SMILES string of the molecule is CN1CC(C(=O)NCc2ccc(Nc3ccc(N4CCC(C(F)(F)F)CC4)cc3)cn2)CCC1=O. The van der Waals surface area contributed by atoms with E-state index in [0.29, 0.717) is 39.0 Å². The molecule has 0 radical (unpaired) electrons. The van der Waals surface area contributed by atoms with Gasteiger partial charge in [-0.3, -0.25) is 14.6 Å². The number of nitrogens with zero attached hydrogens (tertiary/aromatic N) is 3. The Labute approximate surface area is 202 Å². The molecule has 2 aliphatic rings. The van der Waals surface area contributed by atoms with Crippen LogP contribution < -0.4 is 15.5 Å². The van der Waals surface area contributed by atoms with Gasteiger partial charge in [-0.15, -0.1) is 0 Å². The van der Waals surface area contributed by atoms with E-state index in [4.69, 9.17) is 0 Å². The summed E-state index contributed by atoms with van der Waals surface area (Å²) in [4.78, 5) is 31.9. The standard InChI is InChI=1S/C25H30F3N5O2/c1-32-16-17(2-9-23(32)34)24(35)30-14-20-3-4-21(15-29-20)31-19-5-7-22(8-6-19)33-12-10-18(11-13-33)25(26,27)28/h3-8,15,17-18,31H,2,9-14,16H2,1H3,(H,30,35). The van der Waals surface area contributed by atoms with Crippen molar-refractivity contribution in [3.05, 3.63) is 48.3 Å². The second-order valence-corrected chi connectivity index (χ2v) is 9.24. The van der Waals surface area contributed by atoms with Gasteiger partial charge in [-0.05, 0) is 55.7 Å². The Morgan fingerprint density at radius 3 is 2.34 bits per heavy atom. The molecule has 1 aromatic heterocycles. The molecule has 1 atom stereocenters. The molecule has 2 N–H and O–H groups in total. The highest BCUT2D eigenvalue weighted by Crippen LogP contribution is 2.35. The van der Waals surface area contributed by atoms with Crippen molar-refractivity contribution in [2.24, 2.45) is 11.8 Å². The number of benzene rings is 1. The first-order valence-corrected chi connectivity index (χ1v) is 11.8. The highest BCUT2D eigenvalue weighted by molar-refractivity contribution is 5.83. The van der Waals surface area contributed by atoms with Crippen LogP contribution in [0.4, 0.5) is 30.2 Å². The number of amides is 2. The van der Waals surface area contributed by atoms with Gasteiger partial charge in [0.05, 0.1) is 36.0 Å². The average Bonchev–Trinajstić information content (AvgIpc) is 2.85. The fraction of sp³-hybridized carbons (Fsp3) is 0.480. The van der Waals surface area contributed by atoms with Crippen molar-refractivity contribution in [3.63, 3.8) is 0 Å². The van der Waals surface area contributed by atoms with E-state index in [2.05, 4.69) is 15.6 Å². The third kappa shape index (κ3) is 6.43. The lowest BCUT2D eigenvalue weighted by Gasteiger charge is -2.34. The van der Waals surface area contributed by atoms with Gasteiger partial charge in [0, 0.05) is 44.5 Å². The van der Waals surface area contributed by atoms with Crippen molar-refractivity contribution in [3.8, 4) is 0 Å². The first-order valence-electron chi connectivity index (χ1n) is 11.8. The molecule has 35 heavy (non-hydrogen) atoms. The Bertz CT molecular complexity index is 1020. The zero-order valence-electron chi connectivity index (χ0n) is 19.6. The molecule has 2 amide bonds. The second kappa shape index (κ2) is 10.5. The number of carbonyl (C=O) groups is 2. The number of aromatic nitrogens is 1. The van der Waals surface area contributed by atoms with Gasteiger partial charge in [0.2, 0.25) is 11.8 Å². The van der Waals surface area contributed by atoms with E-state index in [0.717, 1.165) is 22.8 Å². The maximum Gasteiger partial charge on any atom is 0.391 e. The van der Waals surface area contributed by atoms with Gasteiger partial charge in [-0.1, -0.05) is 0 Å².